The summed E-state index contributed by atoms with van der Waals surface area (Å²) in [5.74, 6) is 0.0426. The summed E-state index contributed by atoms with van der Waals surface area (Å²) in [6.07, 6.45) is 0. The van der Waals surface area contributed by atoms with E-state index >= 15 is 0 Å². The summed E-state index contributed by atoms with van der Waals surface area (Å²) in [5, 5.41) is 9.58. The zero-order valence-corrected chi connectivity index (χ0v) is 17.9. The maximum atomic E-state index is 11.0. The molecule has 4 N–H and O–H groups in total. The molecule has 0 radical (unpaired) electrons. The number of anilines is 1. The first kappa shape index (κ1) is 23.3. The number of benzene rings is 2. The number of thiol groups is 1. The van der Waals surface area contributed by atoms with Crippen molar-refractivity contribution in [1.82, 2.24) is 0 Å². The minimum atomic E-state index is -4.22. The van der Waals surface area contributed by atoms with Crippen LogP contribution in [0, 0.1) is 6.92 Å². The third-order valence-corrected chi connectivity index (χ3v) is 4.56. The Labute approximate surface area is 170 Å². The SMILES string of the molecule is Cc1cc(O)c(C(C)C)cc1S(=O)(=O)O.Nc1ccccc1S.[Na+]. The summed E-state index contributed by atoms with van der Waals surface area (Å²) in [6, 6.07) is 10.1. The monoisotopic (exact) mass is 378 g/mol. The number of para-hydroxylation sites is 1. The van der Waals surface area contributed by atoms with Crippen molar-refractivity contribution in [3.05, 3.63) is 47.5 Å². The van der Waals surface area contributed by atoms with Crippen LogP contribution in [0.25, 0.3) is 0 Å². The molecule has 0 aliphatic heterocycles. The summed E-state index contributed by atoms with van der Waals surface area (Å²) in [6.45, 7) is 5.18. The molecule has 2 aromatic carbocycles. The number of aromatic hydroxyl groups is 1. The van der Waals surface area contributed by atoms with E-state index < -0.39 is 10.1 Å². The Hall–Kier alpha value is -0.700. The van der Waals surface area contributed by atoms with E-state index in [-0.39, 0.29) is 46.1 Å². The molecule has 24 heavy (non-hydrogen) atoms. The fourth-order valence-electron chi connectivity index (χ4n) is 1.92. The summed E-state index contributed by atoms with van der Waals surface area (Å²) in [7, 11) is -4.22. The molecule has 8 heteroatoms. The second kappa shape index (κ2) is 9.70. The van der Waals surface area contributed by atoms with Crippen LogP contribution in [0.15, 0.2) is 46.2 Å². The van der Waals surface area contributed by atoms with E-state index in [9.17, 15) is 13.5 Å². The van der Waals surface area contributed by atoms with Crippen molar-refractivity contribution in [2.45, 2.75) is 36.5 Å². The third kappa shape index (κ3) is 6.66. The number of hydrogen-bond donors (Lipinski definition) is 4. The molecule has 0 unspecified atom stereocenters. The van der Waals surface area contributed by atoms with Gasteiger partial charge in [-0.1, -0.05) is 26.0 Å². The average molecular weight is 378 g/mol. The second-order valence-electron chi connectivity index (χ2n) is 5.37. The summed E-state index contributed by atoms with van der Waals surface area (Å²) in [4.78, 5) is 0.691. The van der Waals surface area contributed by atoms with Gasteiger partial charge in [0.1, 0.15) is 5.75 Å². The van der Waals surface area contributed by atoms with Crippen molar-refractivity contribution in [2.24, 2.45) is 0 Å². The minimum absolute atomic E-state index is 0. The van der Waals surface area contributed by atoms with Gasteiger partial charge in [0.15, 0.2) is 0 Å². The van der Waals surface area contributed by atoms with Crippen molar-refractivity contribution >= 4 is 28.4 Å². The molecule has 126 valence electrons. The Morgan fingerprint density at radius 3 is 2.08 bits per heavy atom. The molecule has 0 aromatic heterocycles. The Morgan fingerprint density at radius 2 is 1.71 bits per heavy atom. The molecule has 0 aliphatic carbocycles. The number of rotatable bonds is 2. The molecular weight excluding hydrogens is 357 g/mol. The van der Waals surface area contributed by atoms with Gasteiger partial charge in [-0.05, 0) is 48.2 Å². The predicted molar refractivity (Wildman–Crippen MR) is 94.9 cm³/mol. The first-order valence-electron chi connectivity index (χ1n) is 6.88. The molecule has 0 saturated heterocycles. The molecule has 5 nitrogen and oxygen atoms in total. The van der Waals surface area contributed by atoms with Crippen molar-refractivity contribution < 1.29 is 47.6 Å². The molecular formula is C16H21NNaO4S2+. The van der Waals surface area contributed by atoms with Crippen LogP contribution < -0.4 is 35.3 Å². The Morgan fingerprint density at radius 1 is 1.17 bits per heavy atom. The number of nitrogen functional groups attached to an aromatic ring is 1. The molecule has 0 bridgehead atoms. The van der Waals surface area contributed by atoms with E-state index in [2.05, 4.69) is 12.6 Å². The summed E-state index contributed by atoms with van der Waals surface area (Å²) in [5.41, 5.74) is 7.02. The molecule has 0 saturated carbocycles. The van der Waals surface area contributed by atoms with Gasteiger partial charge in [-0.15, -0.1) is 12.6 Å². The van der Waals surface area contributed by atoms with Gasteiger partial charge in [-0.25, -0.2) is 0 Å². The number of phenolic OH excluding ortho intramolecular Hbond substituents is 1. The maximum absolute atomic E-state index is 11.0. The van der Waals surface area contributed by atoms with Gasteiger partial charge in [-0.2, -0.15) is 8.42 Å². The van der Waals surface area contributed by atoms with E-state index in [1.165, 1.54) is 19.1 Å². The zero-order valence-electron chi connectivity index (χ0n) is 14.2. The maximum Gasteiger partial charge on any atom is 1.00 e. The largest absolute Gasteiger partial charge is 1.00 e. The van der Waals surface area contributed by atoms with E-state index in [0.717, 1.165) is 10.6 Å². The summed E-state index contributed by atoms with van der Waals surface area (Å²) >= 11 is 4.07. The first-order chi connectivity index (χ1) is 10.5. The average Bonchev–Trinajstić information content (AvgIpc) is 2.41. The third-order valence-electron chi connectivity index (χ3n) is 3.16. The van der Waals surface area contributed by atoms with Crippen LogP contribution in [0.2, 0.25) is 0 Å². The first-order valence-corrected chi connectivity index (χ1v) is 8.77. The number of aryl methyl sites for hydroxylation is 1. The zero-order chi connectivity index (χ0) is 17.8. The Kier molecular flexibility index (Phi) is 9.41. The van der Waals surface area contributed by atoms with E-state index in [0.29, 0.717) is 11.1 Å². The van der Waals surface area contributed by atoms with Gasteiger partial charge < -0.3 is 10.8 Å². The van der Waals surface area contributed by atoms with Gasteiger partial charge in [0.05, 0.1) is 4.90 Å². The fourth-order valence-corrected chi connectivity index (χ4v) is 2.82. The van der Waals surface area contributed by atoms with Crippen molar-refractivity contribution in [3.8, 4) is 5.75 Å². The predicted octanol–water partition coefficient (Wildman–Crippen LogP) is 0.632. The summed E-state index contributed by atoms with van der Waals surface area (Å²) < 4.78 is 31.0. The van der Waals surface area contributed by atoms with Gasteiger partial charge in [-0.3, -0.25) is 4.55 Å². The van der Waals surface area contributed by atoms with E-state index in [1.54, 1.807) is 0 Å². The quantitative estimate of drug-likeness (QED) is 0.266. The van der Waals surface area contributed by atoms with Gasteiger partial charge in [0, 0.05) is 10.6 Å². The van der Waals surface area contributed by atoms with Gasteiger partial charge >= 0.3 is 29.6 Å². The number of phenols is 1. The van der Waals surface area contributed by atoms with Crippen LogP contribution in [-0.2, 0) is 10.1 Å². The van der Waals surface area contributed by atoms with Crippen LogP contribution in [0.3, 0.4) is 0 Å². The smallest absolute Gasteiger partial charge is 0.508 e. The molecule has 0 fully saturated rings. The van der Waals surface area contributed by atoms with Crippen molar-refractivity contribution in [3.63, 3.8) is 0 Å². The van der Waals surface area contributed by atoms with Crippen LogP contribution >= 0.6 is 12.6 Å². The molecule has 0 atom stereocenters. The fraction of sp³-hybridized carbons (Fsp3) is 0.250. The standard InChI is InChI=1S/C10H14O4S.C6H7NS.Na/c1-6(2)8-5-10(15(12,13)14)7(3)4-9(8)11;7-5-3-1-2-4-6(5)8;/h4-6,11H,1-3H3,(H,12,13,14);1-4,8H,7H2;/q;;+1. The van der Waals surface area contributed by atoms with Gasteiger partial charge in [0.2, 0.25) is 0 Å². The normalized spacial score (nSPS) is 10.6. The van der Waals surface area contributed by atoms with Crippen LogP contribution in [0.1, 0.15) is 30.9 Å². The topological polar surface area (TPSA) is 101 Å². The van der Waals surface area contributed by atoms with E-state index in [4.69, 9.17) is 10.3 Å². The molecule has 0 amide bonds. The molecule has 0 aliphatic rings. The van der Waals surface area contributed by atoms with E-state index in [1.807, 2.05) is 38.1 Å². The minimum Gasteiger partial charge on any atom is -0.508 e. The van der Waals surface area contributed by atoms with Crippen LogP contribution in [-0.4, -0.2) is 18.1 Å². The van der Waals surface area contributed by atoms with Crippen LogP contribution in [0.5, 0.6) is 5.75 Å². The van der Waals surface area contributed by atoms with Gasteiger partial charge in [0.25, 0.3) is 10.1 Å². The van der Waals surface area contributed by atoms with Crippen molar-refractivity contribution in [2.75, 3.05) is 5.73 Å². The number of nitrogens with two attached hydrogens (primary N) is 1. The number of hydrogen-bond acceptors (Lipinski definition) is 5. The molecule has 0 heterocycles. The van der Waals surface area contributed by atoms with Crippen molar-refractivity contribution in [1.29, 1.82) is 0 Å². The molecule has 2 rings (SSSR count). The van der Waals surface area contributed by atoms with Crippen LogP contribution in [0.4, 0.5) is 5.69 Å². The second-order valence-corrected chi connectivity index (χ2v) is 7.24. The Balaban J connectivity index is 0.000000498. The molecule has 2 aromatic rings. The molecule has 0 spiro atoms. The Bertz CT molecular complexity index is 772.